The molecule has 1 aromatic rings. The second kappa shape index (κ2) is 5.40. The van der Waals surface area contributed by atoms with Crippen molar-refractivity contribution in [2.45, 2.75) is 13.8 Å². The van der Waals surface area contributed by atoms with Gasteiger partial charge in [-0.1, -0.05) is 17.7 Å². The highest BCUT2D eigenvalue weighted by atomic mass is 35.5. The Hall–Kier alpha value is -1.35. The molecule has 0 atom stereocenters. The van der Waals surface area contributed by atoms with Crippen LogP contribution in [0.25, 0.3) is 0 Å². The van der Waals surface area contributed by atoms with Crippen molar-refractivity contribution < 1.29 is 4.74 Å². The molecule has 0 radical (unpaired) electrons. The molecular formula is C10H11ClN2O. The highest BCUT2D eigenvalue weighted by molar-refractivity contribution is 6.29. The van der Waals surface area contributed by atoms with Crippen molar-refractivity contribution in [1.82, 2.24) is 9.97 Å². The highest BCUT2D eigenvalue weighted by Crippen LogP contribution is 2.12. The summed E-state index contributed by atoms with van der Waals surface area (Å²) >= 11 is 5.66. The second-order valence-electron chi connectivity index (χ2n) is 2.47. The topological polar surface area (TPSA) is 35.0 Å². The van der Waals surface area contributed by atoms with Crippen LogP contribution >= 0.6 is 11.6 Å². The molecule has 0 bridgehead atoms. The minimum atomic E-state index is 0.318. The molecule has 4 heteroatoms. The quantitative estimate of drug-likeness (QED) is 0.568. The first-order valence-corrected chi connectivity index (χ1v) is 4.58. The second-order valence-corrected chi connectivity index (χ2v) is 2.86. The van der Waals surface area contributed by atoms with Crippen molar-refractivity contribution in [3.63, 3.8) is 0 Å². The maximum Gasteiger partial charge on any atom is 0.239 e. The molecule has 0 aromatic carbocycles. The summed E-state index contributed by atoms with van der Waals surface area (Å²) in [5.74, 6) is 1.10. The number of halogens is 1. The molecular weight excluding hydrogens is 200 g/mol. The number of hydrogen-bond acceptors (Lipinski definition) is 3. The van der Waals surface area contributed by atoms with E-state index in [1.165, 1.54) is 12.4 Å². The molecule has 1 heterocycles. The normalized spacial score (nSPS) is 12.1. The van der Waals surface area contributed by atoms with Crippen LogP contribution in [0.1, 0.15) is 13.8 Å². The number of ether oxygens (including phenoxy) is 1. The molecule has 14 heavy (non-hydrogen) atoms. The smallest absolute Gasteiger partial charge is 0.239 e. The van der Waals surface area contributed by atoms with Gasteiger partial charge in [0.25, 0.3) is 0 Å². The summed E-state index contributed by atoms with van der Waals surface area (Å²) in [5, 5.41) is 0.318. The van der Waals surface area contributed by atoms with E-state index < -0.39 is 0 Å². The lowest BCUT2D eigenvalue weighted by atomic mass is 10.4. The Morgan fingerprint density at radius 2 is 2.21 bits per heavy atom. The third kappa shape index (κ3) is 3.18. The lowest BCUT2D eigenvalue weighted by Crippen LogP contribution is -1.95. The molecule has 0 aliphatic heterocycles. The summed E-state index contributed by atoms with van der Waals surface area (Å²) in [4.78, 5) is 7.81. The average molecular weight is 211 g/mol. The van der Waals surface area contributed by atoms with Gasteiger partial charge in [0, 0.05) is 0 Å². The van der Waals surface area contributed by atoms with Gasteiger partial charge >= 0.3 is 0 Å². The van der Waals surface area contributed by atoms with Gasteiger partial charge < -0.3 is 4.74 Å². The van der Waals surface area contributed by atoms with Crippen molar-refractivity contribution in [3.8, 4) is 5.88 Å². The van der Waals surface area contributed by atoms with Gasteiger partial charge in [-0.25, -0.2) is 0 Å². The number of allylic oxidation sites excluding steroid dienone is 3. The van der Waals surface area contributed by atoms with E-state index in [0.29, 0.717) is 16.8 Å². The van der Waals surface area contributed by atoms with Gasteiger partial charge in [-0.05, 0) is 26.0 Å². The summed E-state index contributed by atoms with van der Waals surface area (Å²) in [7, 11) is 0. The van der Waals surface area contributed by atoms with Crippen LogP contribution < -0.4 is 4.74 Å². The third-order valence-corrected chi connectivity index (χ3v) is 1.60. The number of rotatable bonds is 3. The summed E-state index contributed by atoms with van der Waals surface area (Å²) in [6.07, 6.45) is 8.52. The molecule has 3 nitrogen and oxygen atoms in total. The van der Waals surface area contributed by atoms with E-state index in [0.717, 1.165) is 0 Å². The minimum Gasteiger partial charge on any atom is -0.438 e. The first-order chi connectivity index (χ1) is 6.76. The lowest BCUT2D eigenvalue weighted by Gasteiger charge is -2.03. The van der Waals surface area contributed by atoms with Crippen LogP contribution in [0.2, 0.25) is 5.15 Å². The van der Waals surface area contributed by atoms with Crippen LogP contribution in [0, 0.1) is 0 Å². The van der Waals surface area contributed by atoms with E-state index in [2.05, 4.69) is 9.97 Å². The Morgan fingerprint density at radius 1 is 1.43 bits per heavy atom. The van der Waals surface area contributed by atoms with Gasteiger partial charge in [0.05, 0.1) is 12.4 Å². The maximum absolute atomic E-state index is 5.66. The number of hydrogen-bond donors (Lipinski definition) is 0. The Bertz CT molecular complexity index is 361. The molecule has 0 spiro atoms. The molecule has 1 aromatic heterocycles. The Morgan fingerprint density at radius 3 is 2.79 bits per heavy atom. The monoisotopic (exact) mass is 210 g/mol. The molecule has 0 unspecified atom stereocenters. The summed E-state index contributed by atoms with van der Waals surface area (Å²) in [5.41, 5.74) is 0. The Labute approximate surface area is 88.1 Å². The summed E-state index contributed by atoms with van der Waals surface area (Å²) in [6, 6.07) is 0. The lowest BCUT2D eigenvalue weighted by molar-refractivity contribution is 0.423. The zero-order valence-electron chi connectivity index (χ0n) is 8.07. The van der Waals surface area contributed by atoms with Crippen LogP contribution in [-0.4, -0.2) is 9.97 Å². The van der Waals surface area contributed by atoms with Crippen LogP contribution in [0.5, 0.6) is 5.88 Å². The molecule has 0 amide bonds. The van der Waals surface area contributed by atoms with Crippen LogP contribution in [0.3, 0.4) is 0 Å². The Balaban J connectivity index is 2.77. The van der Waals surface area contributed by atoms with E-state index in [1.807, 2.05) is 32.1 Å². The van der Waals surface area contributed by atoms with Gasteiger partial charge in [0.2, 0.25) is 5.88 Å². The first kappa shape index (κ1) is 10.7. The fourth-order valence-corrected chi connectivity index (χ4v) is 0.989. The SMILES string of the molecule is C/C=C\C(=C/C)Oc1cncc(Cl)n1. The molecule has 74 valence electrons. The molecule has 0 fully saturated rings. The predicted molar refractivity (Wildman–Crippen MR) is 56.2 cm³/mol. The third-order valence-electron chi connectivity index (χ3n) is 1.42. The molecule has 0 aliphatic carbocycles. The van der Waals surface area contributed by atoms with Gasteiger partial charge in [-0.2, -0.15) is 4.98 Å². The van der Waals surface area contributed by atoms with Crippen molar-refractivity contribution in [1.29, 1.82) is 0 Å². The van der Waals surface area contributed by atoms with Gasteiger partial charge in [0.1, 0.15) is 5.76 Å². The first-order valence-electron chi connectivity index (χ1n) is 4.20. The van der Waals surface area contributed by atoms with E-state index in [1.54, 1.807) is 0 Å². The molecule has 0 aliphatic rings. The molecule has 1 rings (SSSR count). The zero-order valence-corrected chi connectivity index (χ0v) is 8.82. The van der Waals surface area contributed by atoms with Gasteiger partial charge in [-0.3, -0.25) is 4.98 Å². The fraction of sp³-hybridized carbons (Fsp3) is 0.200. The van der Waals surface area contributed by atoms with E-state index >= 15 is 0 Å². The fourth-order valence-electron chi connectivity index (χ4n) is 0.849. The zero-order chi connectivity index (χ0) is 10.4. The molecule has 0 N–H and O–H groups in total. The number of aromatic nitrogens is 2. The van der Waals surface area contributed by atoms with Crippen molar-refractivity contribution in [3.05, 3.63) is 41.5 Å². The summed E-state index contributed by atoms with van der Waals surface area (Å²) < 4.78 is 5.40. The maximum atomic E-state index is 5.66. The van der Waals surface area contributed by atoms with E-state index in [9.17, 15) is 0 Å². The van der Waals surface area contributed by atoms with Crippen molar-refractivity contribution in [2.75, 3.05) is 0 Å². The van der Waals surface area contributed by atoms with Gasteiger partial charge in [-0.15, -0.1) is 0 Å². The van der Waals surface area contributed by atoms with E-state index in [4.69, 9.17) is 16.3 Å². The van der Waals surface area contributed by atoms with Crippen molar-refractivity contribution in [2.24, 2.45) is 0 Å². The molecule has 0 saturated carbocycles. The van der Waals surface area contributed by atoms with Crippen molar-refractivity contribution >= 4 is 11.6 Å². The Kier molecular flexibility index (Phi) is 4.13. The number of nitrogens with zero attached hydrogens (tertiary/aromatic N) is 2. The van der Waals surface area contributed by atoms with Crippen LogP contribution in [0.4, 0.5) is 0 Å². The predicted octanol–water partition coefficient (Wildman–Crippen LogP) is 2.99. The largest absolute Gasteiger partial charge is 0.438 e. The van der Waals surface area contributed by atoms with Crippen LogP contribution in [-0.2, 0) is 0 Å². The van der Waals surface area contributed by atoms with Crippen LogP contribution in [0.15, 0.2) is 36.4 Å². The average Bonchev–Trinajstić information content (AvgIpc) is 2.17. The highest BCUT2D eigenvalue weighted by Gasteiger charge is 1.98. The minimum absolute atomic E-state index is 0.318. The van der Waals surface area contributed by atoms with E-state index in [-0.39, 0.29) is 0 Å². The molecule has 0 saturated heterocycles. The standard InChI is InChI=1S/C10H11ClN2O/c1-3-5-8(4-2)14-10-7-12-6-9(11)13-10/h3-7H,1-2H3/b5-3-,8-4+. The summed E-state index contributed by atoms with van der Waals surface area (Å²) in [6.45, 7) is 3.80. The van der Waals surface area contributed by atoms with Gasteiger partial charge in [0.15, 0.2) is 5.15 Å².